The van der Waals surface area contributed by atoms with Crippen LogP contribution in [0.5, 0.6) is 0 Å². The number of carbonyl (C=O) groups excluding carboxylic acids is 2. The van der Waals surface area contributed by atoms with Crippen molar-refractivity contribution in [3.05, 3.63) is 50.9 Å². The zero-order chi connectivity index (χ0) is 20.1. The van der Waals surface area contributed by atoms with E-state index < -0.39 is 5.91 Å². The molecule has 5 N–H and O–H groups in total. The van der Waals surface area contributed by atoms with Crippen molar-refractivity contribution in [1.82, 2.24) is 0 Å². The van der Waals surface area contributed by atoms with Crippen molar-refractivity contribution < 1.29 is 14.9 Å². The number of thiophene rings is 1. The second kappa shape index (κ2) is 6.46. The number of primary amides is 1. The first kappa shape index (κ1) is 19.6. The third-order valence-corrected chi connectivity index (χ3v) is 6.57. The van der Waals surface area contributed by atoms with Crippen LogP contribution in [-0.2, 0) is 12.0 Å². The maximum absolute atomic E-state index is 12.9. The van der Waals surface area contributed by atoms with Crippen LogP contribution in [0.4, 0.5) is 5.00 Å². The van der Waals surface area contributed by atoms with Gasteiger partial charge in [-0.15, -0.1) is 11.3 Å². The van der Waals surface area contributed by atoms with E-state index in [4.69, 9.17) is 5.73 Å². The summed E-state index contributed by atoms with van der Waals surface area (Å²) in [5.41, 5.74) is 9.47. The molecule has 6 heteroatoms. The monoisotopic (exact) mass is 386 g/mol. The Morgan fingerprint density at radius 3 is 2.48 bits per heavy atom. The molecule has 0 unspecified atom stereocenters. The van der Waals surface area contributed by atoms with Gasteiger partial charge in [-0.25, -0.2) is 0 Å². The summed E-state index contributed by atoms with van der Waals surface area (Å²) < 4.78 is 0. The van der Waals surface area contributed by atoms with Gasteiger partial charge in [0.1, 0.15) is 10.5 Å². The maximum atomic E-state index is 12.9. The van der Waals surface area contributed by atoms with Gasteiger partial charge in [-0.05, 0) is 58.7 Å². The molecule has 0 radical (unpaired) electrons. The van der Waals surface area contributed by atoms with Gasteiger partial charge in [0.05, 0.1) is 16.0 Å². The van der Waals surface area contributed by atoms with E-state index in [2.05, 4.69) is 38.3 Å². The second-order valence-corrected chi connectivity index (χ2v) is 9.80. The number of hydrogen-bond acceptors (Lipinski definition) is 3. The van der Waals surface area contributed by atoms with Gasteiger partial charge in [-0.1, -0.05) is 17.7 Å². The Balaban J connectivity index is 2.07. The standard InChI is InChI=1S/C21H27N3O2S/c1-11-7-8-12(2)13(9-11)18(26)23-19-15(17(22)25)14-10-20(3,4)24-21(5,6)16(14)27-19/h7-9,24H,10H2,1-6H3,(H2,22,25)(H,23,26)/p+1. The van der Waals surface area contributed by atoms with Gasteiger partial charge in [0.2, 0.25) is 0 Å². The lowest BCUT2D eigenvalue weighted by atomic mass is 9.81. The summed E-state index contributed by atoms with van der Waals surface area (Å²) in [5.74, 6) is -0.699. The topological polar surface area (TPSA) is 88.8 Å². The second-order valence-electron chi connectivity index (χ2n) is 8.78. The van der Waals surface area contributed by atoms with Crippen molar-refractivity contribution in [2.75, 3.05) is 5.32 Å². The Kier molecular flexibility index (Phi) is 4.68. The van der Waals surface area contributed by atoms with Crippen molar-refractivity contribution >= 4 is 28.2 Å². The van der Waals surface area contributed by atoms with Crippen molar-refractivity contribution in [1.29, 1.82) is 0 Å². The Morgan fingerprint density at radius 1 is 1.19 bits per heavy atom. The Labute approximate surface area is 164 Å². The molecule has 1 aromatic carbocycles. The number of nitrogens with two attached hydrogens (primary N) is 2. The van der Waals surface area contributed by atoms with E-state index in [-0.39, 0.29) is 17.0 Å². The number of anilines is 1. The quantitative estimate of drug-likeness (QED) is 0.757. The van der Waals surface area contributed by atoms with Crippen LogP contribution in [0, 0.1) is 13.8 Å². The summed E-state index contributed by atoms with van der Waals surface area (Å²) in [7, 11) is 0. The molecule has 0 aliphatic carbocycles. The molecule has 0 bridgehead atoms. The van der Waals surface area contributed by atoms with Crippen LogP contribution < -0.4 is 16.4 Å². The van der Waals surface area contributed by atoms with E-state index in [1.165, 1.54) is 11.3 Å². The molecule has 1 aliphatic heterocycles. The third kappa shape index (κ3) is 3.64. The fourth-order valence-electron chi connectivity index (χ4n) is 4.20. The number of hydrogen-bond donors (Lipinski definition) is 3. The van der Waals surface area contributed by atoms with Crippen LogP contribution in [0.25, 0.3) is 0 Å². The molecule has 0 spiro atoms. The molecule has 2 amide bonds. The summed E-state index contributed by atoms with van der Waals surface area (Å²) in [6.45, 7) is 12.5. The number of carbonyl (C=O) groups is 2. The van der Waals surface area contributed by atoms with Gasteiger partial charge >= 0.3 is 0 Å². The minimum absolute atomic E-state index is 0.0455. The lowest BCUT2D eigenvalue weighted by Crippen LogP contribution is -3.03. The smallest absolute Gasteiger partial charge is 0.256 e. The third-order valence-electron chi connectivity index (χ3n) is 5.09. The van der Waals surface area contributed by atoms with Gasteiger partial charge in [0, 0.05) is 12.0 Å². The van der Waals surface area contributed by atoms with Gasteiger partial charge < -0.3 is 16.4 Å². The van der Waals surface area contributed by atoms with Crippen LogP contribution in [0.3, 0.4) is 0 Å². The molecule has 0 atom stereocenters. The van der Waals surface area contributed by atoms with Gasteiger partial charge in [0.15, 0.2) is 0 Å². The lowest BCUT2D eigenvalue weighted by Gasteiger charge is -2.38. The summed E-state index contributed by atoms with van der Waals surface area (Å²) in [4.78, 5) is 26.3. The molecule has 0 saturated carbocycles. The molecular formula is C21H28N3O2S+. The van der Waals surface area contributed by atoms with E-state index in [1.807, 2.05) is 32.0 Å². The molecule has 1 aliphatic rings. The number of benzene rings is 1. The van der Waals surface area contributed by atoms with Crippen LogP contribution in [-0.4, -0.2) is 17.4 Å². The van der Waals surface area contributed by atoms with E-state index in [0.29, 0.717) is 16.1 Å². The lowest BCUT2D eigenvalue weighted by molar-refractivity contribution is -0.789. The van der Waals surface area contributed by atoms with Crippen LogP contribution in [0.15, 0.2) is 18.2 Å². The summed E-state index contributed by atoms with van der Waals surface area (Å²) in [6.07, 6.45) is 0.736. The van der Waals surface area contributed by atoms with E-state index >= 15 is 0 Å². The van der Waals surface area contributed by atoms with Gasteiger partial charge in [0.25, 0.3) is 11.8 Å². The zero-order valence-electron chi connectivity index (χ0n) is 16.8. The predicted octanol–water partition coefficient (Wildman–Crippen LogP) is 2.85. The highest BCUT2D eigenvalue weighted by molar-refractivity contribution is 7.17. The van der Waals surface area contributed by atoms with E-state index in [1.54, 1.807) is 0 Å². The largest absolute Gasteiger partial charge is 0.365 e. The Morgan fingerprint density at radius 2 is 1.85 bits per heavy atom. The normalized spacial score (nSPS) is 17.3. The number of amides is 2. The molecule has 1 aromatic heterocycles. The van der Waals surface area contributed by atoms with Gasteiger partial charge in [-0.2, -0.15) is 0 Å². The maximum Gasteiger partial charge on any atom is 0.256 e. The number of aryl methyl sites for hydroxylation is 2. The van der Waals surface area contributed by atoms with Gasteiger partial charge in [-0.3, -0.25) is 9.59 Å². The first-order valence-electron chi connectivity index (χ1n) is 9.13. The zero-order valence-corrected chi connectivity index (χ0v) is 17.6. The number of quaternary nitrogens is 1. The summed E-state index contributed by atoms with van der Waals surface area (Å²) >= 11 is 1.47. The van der Waals surface area contributed by atoms with Crippen molar-refractivity contribution in [3.8, 4) is 0 Å². The molecule has 27 heavy (non-hydrogen) atoms. The SMILES string of the molecule is Cc1ccc(C)c(C(=O)Nc2sc3c(c2C(N)=O)CC(C)(C)[NH2+]C3(C)C)c1. The Hall–Kier alpha value is -2.18. The molecular weight excluding hydrogens is 358 g/mol. The average Bonchev–Trinajstić information content (AvgIpc) is 2.86. The first-order chi connectivity index (χ1) is 12.4. The first-order valence-corrected chi connectivity index (χ1v) is 9.94. The van der Waals surface area contributed by atoms with Crippen LogP contribution >= 0.6 is 11.3 Å². The average molecular weight is 387 g/mol. The number of nitrogens with one attached hydrogen (secondary N) is 1. The predicted molar refractivity (Wildman–Crippen MR) is 109 cm³/mol. The van der Waals surface area contributed by atoms with Crippen molar-refractivity contribution in [2.24, 2.45) is 5.73 Å². The molecule has 0 saturated heterocycles. The van der Waals surface area contributed by atoms with Crippen molar-refractivity contribution in [2.45, 2.75) is 59.0 Å². The summed E-state index contributed by atoms with van der Waals surface area (Å²) in [6, 6.07) is 5.77. The van der Waals surface area contributed by atoms with E-state index in [9.17, 15) is 9.59 Å². The van der Waals surface area contributed by atoms with Crippen LogP contribution in [0.2, 0.25) is 0 Å². The Bertz CT molecular complexity index is 941. The fraction of sp³-hybridized carbons (Fsp3) is 0.429. The number of rotatable bonds is 3. The van der Waals surface area contributed by atoms with Crippen molar-refractivity contribution in [3.63, 3.8) is 0 Å². The molecule has 2 heterocycles. The minimum atomic E-state index is -0.489. The summed E-state index contributed by atoms with van der Waals surface area (Å²) in [5, 5.41) is 5.84. The highest BCUT2D eigenvalue weighted by Gasteiger charge is 2.45. The van der Waals surface area contributed by atoms with E-state index in [0.717, 1.165) is 28.0 Å². The molecule has 3 rings (SSSR count). The molecule has 2 aromatic rings. The highest BCUT2D eigenvalue weighted by Crippen LogP contribution is 2.42. The number of fused-ring (bicyclic) bond motifs is 1. The molecule has 5 nitrogen and oxygen atoms in total. The minimum Gasteiger partial charge on any atom is -0.365 e. The molecule has 144 valence electrons. The molecule has 0 fully saturated rings. The fourth-order valence-corrected chi connectivity index (χ4v) is 5.50. The van der Waals surface area contributed by atoms with Crippen LogP contribution in [0.1, 0.15) is 70.0 Å². The highest BCUT2D eigenvalue weighted by atomic mass is 32.1.